The fourth-order valence-corrected chi connectivity index (χ4v) is 2.27. The SMILES string of the molecule is COc1ccc(CC(C)(C)C)cc1C1(N)CC1. The van der Waals surface area contributed by atoms with Gasteiger partial charge in [-0.05, 0) is 36.3 Å². The summed E-state index contributed by atoms with van der Waals surface area (Å²) in [6.07, 6.45) is 3.21. The highest BCUT2D eigenvalue weighted by molar-refractivity contribution is 5.45. The van der Waals surface area contributed by atoms with E-state index in [0.717, 1.165) is 25.0 Å². The van der Waals surface area contributed by atoms with Crippen LogP contribution in [0.1, 0.15) is 44.7 Å². The minimum Gasteiger partial charge on any atom is -0.496 e. The third kappa shape index (κ3) is 2.81. The second kappa shape index (κ2) is 4.02. The van der Waals surface area contributed by atoms with Gasteiger partial charge in [-0.1, -0.05) is 32.9 Å². The monoisotopic (exact) mass is 233 g/mol. The van der Waals surface area contributed by atoms with Crippen molar-refractivity contribution in [3.05, 3.63) is 29.3 Å². The molecule has 0 aliphatic heterocycles. The Balaban J connectivity index is 2.32. The molecule has 0 atom stereocenters. The minimum atomic E-state index is -0.126. The average Bonchev–Trinajstić information content (AvgIpc) is 2.95. The number of hydrogen-bond acceptors (Lipinski definition) is 2. The summed E-state index contributed by atoms with van der Waals surface area (Å²) in [5.41, 5.74) is 9.01. The highest BCUT2D eigenvalue weighted by Gasteiger charge is 2.42. The summed E-state index contributed by atoms with van der Waals surface area (Å²) in [4.78, 5) is 0. The number of methoxy groups -OCH3 is 1. The van der Waals surface area contributed by atoms with Crippen molar-refractivity contribution >= 4 is 0 Å². The average molecular weight is 233 g/mol. The highest BCUT2D eigenvalue weighted by Crippen LogP contribution is 2.46. The molecule has 2 nitrogen and oxygen atoms in total. The van der Waals surface area contributed by atoms with Crippen molar-refractivity contribution in [2.75, 3.05) is 7.11 Å². The van der Waals surface area contributed by atoms with Crippen LogP contribution < -0.4 is 10.5 Å². The van der Waals surface area contributed by atoms with Crippen molar-refractivity contribution in [3.8, 4) is 5.75 Å². The largest absolute Gasteiger partial charge is 0.496 e. The zero-order valence-electron chi connectivity index (χ0n) is 11.3. The number of rotatable bonds is 3. The van der Waals surface area contributed by atoms with Crippen molar-refractivity contribution in [2.45, 2.75) is 45.6 Å². The summed E-state index contributed by atoms with van der Waals surface area (Å²) in [6.45, 7) is 6.77. The fraction of sp³-hybridized carbons (Fsp3) is 0.600. The maximum absolute atomic E-state index is 6.30. The molecule has 0 spiro atoms. The lowest BCUT2D eigenvalue weighted by Crippen LogP contribution is -2.20. The third-order valence-electron chi connectivity index (χ3n) is 3.32. The third-order valence-corrected chi connectivity index (χ3v) is 3.32. The van der Waals surface area contributed by atoms with Gasteiger partial charge in [-0.15, -0.1) is 0 Å². The topological polar surface area (TPSA) is 35.2 Å². The van der Waals surface area contributed by atoms with Gasteiger partial charge in [0.25, 0.3) is 0 Å². The van der Waals surface area contributed by atoms with E-state index < -0.39 is 0 Å². The van der Waals surface area contributed by atoms with Crippen molar-refractivity contribution in [2.24, 2.45) is 11.1 Å². The Morgan fingerprint density at radius 1 is 1.29 bits per heavy atom. The number of benzene rings is 1. The molecule has 1 aliphatic rings. The summed E-state index contributed by atoms with van der Waals surface area (Å²) < 4.78 is 5.42. The van der Waals surface area contributed by atoms with Gasteiger partial charge in [-0.3, -0.25) is 0 Å². The van der Waals surface area contributed by atoms with Crippen LogP contribution in [0, 0.1) is 5.41 Å². The number of hydrogen-bond donors (Lipinski definition) is 1. The lowest BCUT2D eigenvalue weighted by atomic mass is 9.87. The second-order valence-corrected chi connectivity index (χ2v) is 6.43. The molecule has 0 radical (unpaired) electrons. The maximum atomic E-state index is 6.30. The molecule has 1 aromatic carbocycles. The second-order valence-electron chi connectivity index (χ2n) is 6.43. The molecule has 17 heavy (non-hydrogen) atoms. The molecule has 0 bridgehead atoms. The van der Waals surface area contributed by atoms with Gasteiger partial charge in [0, 0.05) is 11.1 Å². The molecule has 0 saturated heterocycles. The lowest BCUT2D eigenvalue weighted by molar-refractivity contribution is 0.399. The smallest absolute Gasteiger partial charge is 0.123 e. The lowest BCUT2D eigenvalue weighted by Gasteiger charge is -2.21. The predicted octanol–water partition coefficient (Wildman–Crippen LogP) is 3.23. The van der Waals surface area contributed by atoms with E-state index in [1.807, 2.05) is 0 Å². The van der Waals surface area contributed by atoms with E-state index in [0.29, 0.717) is 5.41 Å². The van der Waals surface area contributed by atoms with E-state index >= 15 is 0 Å². The Morgan fingerprint density at radius 3 is 2.41 bits per heavy atom. The molecule has 94 valence electrons. The van der Waals surface area contributed by atoms with Gasteiger partial charge in [0.2, 0.25) is 0 Å². The van der Waals surface area contributed by atoms with Crippen LogP contribution in [0.2, 0.25) is 0 Å². The molecule has 2 heteroatoms. The Morgan fingerprint density at radius 2 is 1.94 bits per heavy atom. The van der Waals surface area contributed by atoms with Crippen LogP contribution in [0.3, 0.4) is 0 Å². The summed E-state index contributed by atoms with van der Waals surface area (Å²) in [6, 6.07) is 6.44. The molecule has 1 saturated carbocycles. The van der Waals surface area contributed by atoms with Crippen LogP contribution in [0.15, 0.2) is 18.2 Å². The van der Waals surface area contributed by atoms with Crippen molar-refractivity contribution in [1.82, 2.24) is 0 Å². The van der Waals surface area contributed by atoms with Crippen LogP contribution in [-0.4, -0.2) is 7.11 Å². The van der Waals surface area contributed by atoms with E-state index in [-0.39, 0.29) is 5.54 Å². The molecule has 0 unspecified atom stereocenters. The van der Waals surface area contributed by atoms with E-state index in [9.17, 15) is 0 Å². The summed E-state index contributed by atoms with van der Waals surface area (Å²) in [5.74, 6) is 0.933. The first kappa shape index (κ1) is 12.4. The van der Waals surface area contributed by atoms with Gasteiger partial charge in [0.05, 0.1) is 7.11 Å². The number of nitrogens with two attached hydrogens (primary N) is 1. The predicted molar refractivity (Wildman–Crippen MR) is 71.3 cm³/mol. The summed E-state index contributed by atoms with van der Waals surface area (Å²) in [5, 5.41) is 0. The van der Waals surface area contributed by atoms with Gasteiger partial charge < -0.3 is 10.5 Å². The van der Waals surface area contributed by atoms with E-state index in [1.54, 1.807) is 7.11 Å². The van der Waals surface area contributed by atoms with Crippen molar-refractivity contribution in [3.63, 3.8) is 0 Å². The Bertz CT molecular complexity index is 413. The summed E-state index contributed by atoms with van der Waals surface area (Å²) >= 11 is 0. The highest BCUT2D eigenvalue weighted by atomic mass is 16.5. The molecule has 0 heterocycles. The first-order valence-electron chi connectivity index (χ1n) is 6.30. The molecule has 2 N–H and O–H groups in total. The van der Waals surface area contributed by atoms with Crippen LogP contribution >= 0.6 is 0 Å². The normalized spacial score (nSPS) is 17.9. The van der Waals surface area contributed by atoms with Gasteiger partial charge >= 0.3 is 0 Å². The molecule has 0 aromatic heterocycles. The van der Waals surface area contributed by atoms with Gasteiger partial charge in [-0.25, -0.2) is 0 Å². The molecular weight excluding hydrogens is 210 g/mol. The zero-order valence-corrected chi connectivity index (χ0v) is 11.3. The molecule has 1 aromatic rings. The Labute approximate surface area is 104 Å². The number of ether oxygens (including phenoxy) is 1. The first-order valence-corrected chi connectivity index (χ1v) is 6.30. The van der Waals surface area contributed by atoms with Gasteiger partial charge in [0.15, 0.2) is 0 Å². The molecule has 2 rings (SSSR count). The molecule has 1 fully saturated rings. The standard InChI is InChI=1S/C15H23NO/c1-14(2,3)10-11-5-6-13(17-4)12(9-11)15(16)7-8-15/h5-6,9H,7-8,10,16H2,1-4H3. The van der Waals surface area contributed by atoms with Crippen molar-refractivity contribution < 1.29 is 4.74 Å². The minimum absolute atomic E-state index is 0.126. The summed E-state index contributed by atoms with van der Waals surface area (Å²) in [7, 11) is 1.72. The fourth-order valence-electron chi connectivity index (χ4n) is 2.27. The van der Waals surface area contributed by atoms with E-state index in [4.69, 9.17) is 10.5 Å². The quantitative estimate of drug-likeness (QED) is 0.870. The Kier molecular flexibility index (Phi) is 2.94. The Hall–Kier alpha value is -1.02. The molecule has 0 amide bonds. The first-order chi connectivity index (χ1) is 7.84. The van der Waals surface area contributed by atoms with E-state index in [1.165, 1.54) is 11.1 Å². The van der Waals surface area contributed by atoms with Crippen LogP contribution in [0.5, 0.6) is 5.75 Å². The van der Waals surface area contributed by atoms with Gasteiger partial charge in [0.1, 0.15) is 5.75 Å². The van der Waals surface area contributed by atoms with Crippen LogP contribution in [0.4, 0.5) is 0 Å². The van der Waals surface area contributed by atoms with Crippen LogP contribution in [0.25, 0.3) is 0 Å². The molecule has 1 aliphatic carbocycles. The van der Waals surface area contributed by atoms with Gasteiger partial charge in [-0.2, -0.15) is 0 Å². The van der Waals surface area contributed by atoms with E-state index in [2.05, 4.69) is 39.0 Å². The zero-order chi connectivity index (χ0) is 12.7. The molecular formula is C15H23NO. The van der Waals surface area contributed by atoms with Crippen molar-refractivity contribution in [1.29, 1.82) is 0 Å². The maximum Gasteiger partial charge on any atom is 0.123 e. The van der Waals surface area contributed by atoms with Crippen LogP contribution in [-0.2, 0) is 12.0 Å².